The zero-order valence-corrected chi connectivity index (χ0v) is 21.9. The molecular weight excluding hydrogens is 488 g/mol. The Kier molecular flexibility index (Phi) is 11.6. The van der Waals surface area contributed by atoms with Gasteiger partial charge in [-0.3, -0.25) is 4.79 Å². The maximum atomic E-state index is 13.1. The zero-order valence-electron chi connectivity index (χ0n) is 21.9. The van der Waals surface area contributed by atoms with Gasteiger partial charge in [0.1, 0.15) is 11.5 Å². The quantitative estimate of drug-likeness (QED) is 0.203. The molecule has 0 bridgehead atoms. The van der Waals surface area contributed by atoms with E-state index in [1.54, 1.807) is 14.2 Å². The third kappa shape index (κ3) is 6.71. The summed E-state index contributed by atoms with van der Waals surface area (Å²) < 4.78 is 28.2. The van der Waals surface area contributed by atoms with Gasteiger partial charge in [0.15, 0.2) is 0 Å². The van der Waals surface area contributed by atoms with E-state index in [0.717, 1.165) is 5.56 Å². The standard InChI is InChI=1S/C30H36O8/c1-34-27-14-8-6-12-24(27)30(23-10-4-3-5-11-23,25-13-7-9-15-28(25)35-2)26(29(32)33)22-38-21-20-37-19-18-36-17-16-31/h3-15,26,31H,16-22H2,1-2H3,(H,32,33). The molecule has 2 N–H and O–H groups in total. The second-order valence-corrected chi connectivity index (χ2v) is 8.49. The summed E-state index contributed by atoms with van der Waals surface area (Å²) in [6, 6.07) is 24.4. The molecule has 1 unspecified atom stereocenters. The molecule has 0 fully saturated rings. The van der Waals surface area contributed by atoms with Gasteiger partial charge in [-0.1, -0.05) is 66.7 Å². The van der Waals surface area contributed by atoms with Crippen molar-refractivity contribution >= 4 is 5.97 Å². The molecule has 38 heavy (non-hydrogen) atoms. The fourth-order valence-electron chi connectivity index (χ4n) is 4.76. The monoisotopic (exact) mass is 524 g/mol. The van der Waals surface area contributed by atoms with Crippen LogP contribution in [0.3, 0.4) is 0 Å². The van der Waals surface area contributed by atoms with E-state index in [-0.39, 0.29) is 33.0 Å². The molecule has 1 atom stereocenters. The van der Waals surface area contributed by atoms with Gasteiger partial charge in [0, 0.05) is 11.1 Å². The number of rotatable bonds is 17. The summed E-state index contributed by atoms with van der Waals surface area (Å²) in [5, 5.41) is 19.5. The highest BCUT2D eigenvalue weighted by Crippen LogP contribution is 2.51. The molecule has 3 aromatic carbocycles. The van der Waals surface area contributed by atoms with Gasteiger partial charge in [-0.15, -0.1) is 0 Å². The van der Waals surface area contributed by atoms with Crippen molar-refractivity contribution in [1.82, 2.24) is 0 Å². The molecule has 0 heterocycles. The number of carboxylic acids is 1. The molecule has 8 nitrogen and oxygen atoms in total. The zero-order chi connectivity index (χ0) is 27.2. The van der Waals surface area contributed by atoms with Crippen LogP contribution in [0.15, 0.2) is 78.9 Å². The van der Waals surface area contributed by atoms with Crippen LogP contribution in [0.2, 0.25) is 0 Å². The lowest BCUT2D eigenvalue weighted by Crippen LogP contribution is -2.45. The van der Waals surface area contributed by atoms with E-state index < -0.39 is 17.3 Å². The fraction of sp³-hybridized carbons (Fsp3) is 0.367. The number of aliphatic carboxylic acids is 1. The molecule has 0 spiro atoms. The van der Waals surface area contributed by atoms with Gasteiger partial charge in [0.25, 0.3) is 0 Å². The number of para-hydroxylation sites is 2. The Bertz CT molecular complexity index is 1070. The molecule has 0 saturated heterocycles. The fourth-order valence-corrected chi connectivity index (χ4v) is 4.76. The number of methoxy groups -OCH3 is 2. The molecule has 8 heteroatoms. The number of benzene rings is 3. The molecule has 0 amide bonds. The van der Waals surface area contributed by atoms with Gasteiger partial charge < -0.3 is 33.9 Å². The third-order valence-electron chi connectivity index (χ3n) is 6.38. The second kappa shape index (κ2) is 15.1. The topological polar surface area (TPSA) is 104 Å². The smallest absolute Gasteiger partial charge is 0.310 e. The van der Waals surface area contributed by atoms with Gasteiger partial charge in [-0.25, -0.2) is 0 Å². The van der Waals surface area contributed by atoms with Crippen LogP contribution in [0.4, 0.5) is 0 Å². The Hall–Kier alpha value is -3.43. The van der Waals surface area contributed by atoms with Crippen LogP contribution in [-0.4, -0.2) is 76.7 Å². The highest BCUT2D eigenvalue weighted by atomic mass is 16.5. The van der Waals surface area contributed by atoms with Crippen molar-refractivity contribution in [1.29, 1.82) is 0 Å². The van der Waals surface area contributed by atoms with E-state index in [9.17, 15) is 9.90 Å². The average molecular weight is 525 g/mol. The first-order valence-corrected chi connectivity index (χ1v) is 12.5. The summed E-state index contributed by atoms with van der Waals surface area (Å²) in [5.74, 6) is -0.964. The van der Waals surface area contributed by atoms with Crippen molar-refractivity contribution in [3.05, 3.63) is 95.6 Å². The Balaban J connectivity index is 2.07. The van der Waals surface area contributed by atoms with Crippen molar-refractivity contribution in [3.63, 3.8) is 0 Å². The largest absolute Gasteiger partial charge is 0.496 e. The number of carbonyl (C=O) groups is 1. The summed E-state index contributed by atoms with van der Waals surface area (Å²) in [6.45, 7) is 1.31. The Morgan fingerprint density at radius 2 is 1.18 bits per heavy atom. The average Bonchev–Trinajstić information content (AvgIpc) is 2.96. The predicted octanol–water partition coefficient (Wildman–Crippen LogP) is 3.78. The highest BCUT2D eigenvalue weighted by molar-refractivity contribution is 5.78. The minimum absolute atomic E-state index is 0.0404. The summed E-state index contributed by atoms with van der Waals surface area (Å²) in [6.07, 6.45) is 0. The molecule has 0 aliphatic carbocycles. The number of hydrogen-bond donors (Lipinski definition) is 2. The molecule has 0 aliphatic heterocycles. The molecule has 0 aromatic heterocycles. The number of aliphatic hydroxyl groups is 1. The minimum atomic E-state index is -1.22. The van der Waals surface area contributed by atoms with Crippen LogP contribution < -0.4 is 9.47 Å². The minimum Gasteiger partial charge on any atom is -0.496 e. The van der Waals surface area contributed by atoms with Crippen LogP contribution in [0.1, 0.15) is 16.7 Å². The van der Waals surface area contributed by atoms with E-state index in [4.69, 9.17) is 28.8 Å². The first kappa shape index (κ1) is 29.1. The van der Waals surface area contributed by atoms with Crippen molar-refractivity contribution in [2.24, 2.45) is 5.92 Å². The first-order chi connectivity index (χ1) is 18.6. The van der Waals surface area contributed by atoms with E-state index in [2.05, 4.69) is 0 Å². The lowest BCUT2D eigenvalue weighted by molar-refractivity contribution is -0.146. The van der Waals surface area contributed by atoms with E-state index in [1.165, 1.54) is 0 Å². The van der Waals surface area contributed by atoms with E-state index in [1.807, 2.05) is 78.9 Å². The van der Waals surface area contributed by atoms with Crippen LogP contribution in [0.5, 0.6) is 11.5 Å². The lowest BCUT2D eigenvalue weighted by Gasteiger charge is -2.41. The molecule has 0 radical (unpaired) electrons. The van der Waals surface area contributed by atoms with Crippen LogP contribution in [0.25, 0.3) is 0 Å². The Morgan fingerprint density at radius 1 is 0.711 bits per heavy atom. The van der Waals surface area contributed by atoms with Crippen LogP contribution in [0, 0.1) is 5.92 Å². The van der Waals surface area contributed by atoms with E-state index >= 15 is 0 Å². The summed E-state index contributed by atoms with van der Waals surface area (Å²) >= 11 is 0. The normalized spacial score (nSPS) is 12.2. The van der Waals surface area contributed by atoms with Crippen molar-refractivity contribution in [2.75, 3.05) is 60.5 Å². The number of hydrogen-bond acceptors (Lipinski definition) is 7. The van der Waals surface area contributed by atoms with Crippen LogP contribution >= 0.6 is 0 Å². The predicted molar refractivity (Wildman–Crippen MR) is 143 cm³/mol. The first-order valence-electron chi connectivity index (χ1n) is 12.5. The van der Waals surface area contributed by atoms with Gasteiger partial charge in [0.05, 0.1) is 71.8 Å². The second-order valence-electron chi connectivity index (χ2n) is 8.49. The Labute approximate surface area is 223 Å². The number of aliphatic hydroxyl groups excluding tert-OH is 1. The SMILES string of the molecule is COc1ccccc1C(c1ccccc1)(c1ccccc1OC)C(COCCOCCOCCO)C(=O)O. The summed E-state index contributed by atoms with van der Waals surface area (Å²) in [4.78, 5) is 13.1. The van der Waals surface area contributed by atoms with Gasteiger partial charge in [0.2, 0.25) is 0 Å². The molecule has 0 saturated carbocycles. The van der Waals surface area contributed by atoms with Crippen molar-refractivity contribution in [3.8, 4) is 11.5 Å². The van der Waals surface area contributed by atoms with Gasteiger partial charge in [-0.05, 0) is 17.7 Å². The van der Waals surface area contributed by atoms with Crippen molar-refractivity contribution in [2.45, 2.75) is 5.41 Å². The summed E-state index contributed by atoms with van der Waals surface area (Å²) in [7, 11) is 3.15. The molecule has 3 rings (SSSR count). The maximum absolute atomic E-state index is 13.1. The van der Waals surface area contributed by atoms with Crippen molar-refractivity contribution < 1.29 is 38.7 Å². The lowest BCUT2D eigenvalue weighted by atomic mass is 9.61. The van der Waals surface area contributed by atoms with Gasteiger partial charge in [-0.2, -0.15) is 0 Å². The highest BCUT2D eigenvalue weighted by Gasteiger charge is 2.50. The molecule has 0 aliphatic rings. The Morgan fingerprint density at radius 3 is 1.68 bits per heavy atom. The maximum Gasteiger partial charge on any atom is 0.310 e. The number of carboxylic acid groups (broad SMARTS) is 1. The molecule has 3 aromatic rings. The molecule has 204 valence electrons. The molecular formula is C30H36O8. The number of ether oxygens (including phenoxy) is 5. The van der Waals surface area contributed by atoms with E-state index in [0.29, 0.717) is 35.8 Å². The van der Waals surface area contributed by atoms with Crippen LogP contribution in [-0.2, 0) is 24.4 Å². The third-order valence-corrected chi connectivity index (χ3v) is 6.38. The van der Waals surface area contributed by atoms with Gasteiger partial charge >= 0.3 is 5.97 Å². The summed E-state index contributed by atoms with van der Waals surface area (Å²) in [5.41, 5.74) is 0.922.